The maximum atomic E-state index is 12.1. The molecule has 5 nitrogen and oxygen atoms in total. The van der Waals surface area contributed by atoms with E-state index in [9.17, 15) is 17.8 Å². The number of pyridine rings is 1. The third-order valence-electron chi connectivity index (χ3n) is 2.90. The summed E-state index contributed by atoms with van der Waals surface area (Å²) in [5.74, 6) is -0.457. The van der Waals surface area contributed by atoms with Gasteiger partial charge in [-0.3, -0.25) is 9.78 Å². The van der Waals surface area contributed by atoms with Gasteiger partial charge >= 0.3 is 29.6 Å². The van der Waals surface area contributed by atoms with Gasteiger partial charge in [0.15, 0.2) is 5.78 Å². The van der Waals surface area contributed by atoms with Crippen molar-refractivity contribution in [1.29, 1.82) is 0 Å². The molecule has 2 rings (SSSR count). The molecule has 1 heterocycles. The number of carbonyl (C=O) groups excluding carboxylic acids is 1. The van der Waals surface area contributed by atoms with E-state index in [1.807, 2.05) is 0 Å². The molecular formula is C14H11ClNNaO4S. The zero-order valence-electron chi connectivity index (χ0n) is 11.8. The van der Waals surface area contributed by atoms with Gasteiger partial charge in [0, 0.05) is 23.2 Å². The number of aromatic nitrogens is 1. The molecule has 0 amide bonds. The number of rotatable bonds is 5. The van der Waals surface area contributed by atoms with Crippen molar-refractivity contribution in [2.24, 2.45) is 0 Å². The van der Waals surface area contributed by atoms with Crippen molar-refractivity contribution in [3.8, 4) is 0 Å². The minimum Gasteiger partial charge on any atom is -0.747 e. The molecule has 0 aliphatic heterocycles. The van der Waals surface area contributed by atoms with Crippen molar-refractivity contribution in [2.75, 3.05) is 0 Å². The maximum absolute atomic E-state index is 12.1. The van der Waals surface area contributed by atoms with Crippen LogP contribution in [0, 0.1) is 0 Å². The molecule has 0 aliphatic rings. The Hall–Kier alpha value is -0.760. The molecule has 0 N–H and O–H groups in total. The van der Waals surface area contributed by atoms with Crippen molar-refractivity contribution >= 4 is 27.5 Å². The number of carbonyl (C=O) groups is 1. The number of hydrogen-bond acceptors (Lipinski definition) is 5. The number of ketones is 1. The van der Waals surface area contributed by atoms with Crippen LogP contribution in [0.2, 0.25) is 5.02 Å². The third kappa shape index (κ3) is 5.15. The molecule has 2 aromatic rings. The minimum absolute atomic E-state index is 0. The fraction of sp³-hybridized carbons (Fsp3) is 0.143. The zero-order chi connectivity index (χ0) is 15.5. The van der Waals surface area contributed by atoms with Crippen LogP contribution in [-0.4, -0.2) is 23.7 Å². The molecule has 8 heteroatoms. The second-order valence-electron chi connectivity index (χ2n) is 4.37. The smallest absolute Gasteiger partial charge is 0.747 e. The van der Waals surface area contributed by atoms with Gasteiger partial charge in [0.25, 0.3) is 0 Å². The molecule has 0 saturated carbocycles. The second-order valence-corrected chi connectivity index (χ2v) is 6.36. The Kier molecular flexibility index (Phi) is 7.18. The van der Waals surface area contributed by atoms with Crippen LogP contribution in [0.4, 0.5) is 0 Å². The van der Waals surface area contributed by atoms with Crippen molar-refractivity contribution < 1.29 is 47.3 Å². The summed E-state index contributed by atoms with van der Waals surface area (Å²) in [5, 5.41) is -1.04. The van der Waals surface area contributed by atoms with Gasteiger partial charge in [-0.1, -0.05) is 17.7 Å². The molecule has 0 fully saturated rings. The van der Waals surface area contributed by atoms with Crippen molar-refractivity contribution in [3.05, 3.63) is 64.9 Å². The fourth-order valence-corrected chi connectivity index (χ4v) is 2.76. The summed E-state index contributed by atoms with van der Waals surface area (Å²) >= 11 is 5.72. The molecule has 0 aliphatic carbocycles. The molecule has 1 aromatic heterocycles. The van der Waals surface area contributed by atoms with Gasteiger partial charge in [0.2, 0.25) is 0 Å². The number of nitrogens with zero attached hydrogens (tertiary/aromatic N) is 1. The molecule has 1 aromatic carbocycles. The van der Waals surface area contributed by atoms with E-state index in [1.54, 1.807) is 12.1 Å². The monoisotopic (exact) mass is 347 g/mol. The van der Waals surface area contributed by atoms with E-state index < -0.39 is 27.6 Å². The van der Waals surface area contributed by atoms with Gasteiger partial charge in [0.1, 0.15) is 10.1 Å². The van der Waals surface area contributed by atoms with Crippen molar-refractivity contribution in [1.82, 2.24) is 4.98 Å². The number of hydrogen-bond donors (Lipinski definition) is 0. The van der Waals surface area contributed by atoms with Gasteiger partial charge in [0.05, 0.1) is 10.9 Å². The Morgan fingerprint density at radius 1 is 1.18 bits per heavy atom. The van der Waals surface area contributed by atoms with Crippen LogP contribution in [0.5, 0.6) is 0 Å². The van der Waals surface area contributed by atoms with Crippen molar-refractivity contribution in [3.63, 3.8) is 0 Å². The van der Waals surface area contributed by atoms with E-state index in [4.69, 9.17) is 11.6 Å². The Morgan fingerprint density at radius 3 is 2.32 bits per heavy atom. The normalized spacial score (nSPS) is 12.3. The first-order valence-corrected chi connectivity index (χ1v) is 7.87. The van der Waals surface area contributed by atoms with Crippen LogP contribution in [0.25, 0.3) is 0 Å². The molecule has 1 atom stereocenters. The van der Waals surface area contributed by atoms with Crippen LogP contribution < -0.4 is 29.6 Å². The molecule has 0 spiro atoms. The Balaban J connectivity index is 0.00000242. The van der Waals surface area contributed by atoms with E-state index >= 15 is 0 Å². The Bertz CT molecular complexity index is 735. The standard InChI is InChI=1S/C14H12ClNO4S.Na/c15-11-6-4-10(5-7-11)13(17)9-14(21(18,19)20)12-3-1-2-8-16-12;/h1-8,14H,9H2,(H,18,19,20);/q;+1/p-1. The van der Waals surface area contributed by atoms with E-state index in [1.165, 1.54) is 36.5 Å². The van der Waals surface area contributed by atoms with E-state index in [2.05, 4.69) is 4.98 Å². The van der Waals surface area contributed by atoms with Gasteiger partial charge in [-0.25, -0.2) is 8.42 Å². The van der Waals surface area contributed by atoms with Gasteiger partial charge in [-0.05, 0) is 36.4 Å². The minimum atomic E-state index is -4.69. The topological polar surface area (TPSA) is 87.2 Å². The Labute approximate surface area is 155 Å². The summed E-state index contributed by atoms with van der Waals surface area (Å²) in [6, 6.07) is 10.6. The molecule has 110 valence electrons. The van der Waals surface area contributed by atoms with E-state index in [0.717, 1.165) is 0 Å². The quantitative estimate of drug-likeness (QED) is 0.417. The third-order valence-corrected chi connectivity index (χ3v) is 4.26. The number of benzene rings is 1. The molecule has 0 bridgehead atoms. The van der Waals surface area contributed by atoms with Gasteiger partial charge in [-0.15, -0.1) is 0 Å². The maximum Gasteiger partial charge on any atom is 1.00 e. The molecule has 1 unspecified atom stereocenters. The summed E-state index contributed by atoms with van der Waals surface area (Å²) in [5.41, 5.74) is 0.360. The first-order valence-electron chi connectivity index (χ1n) is 6.02. The fourth-order valence-electron chi connectivity index (χ4n) is 1.84. The van der Waals surface area contributed by atoms with Crippen LogP contribution in [0.3, 0.4) is 0 Å². The van der Waals surface area contributed by atoms with Gasteiger partial charge in [-0.2, -0.15) is 0 Å². The predicted octanol–water partition coefficient (Wildman–Crippen LogP) is -0.402. The average Bonchev–Trinajstić information content (AvgIpc) is 2.45. The molecule has 22 heavy (non-hydrogen) atoms. The summed E-state index contributed by atoms with van der Waals surface area (Å²) in [6.45, 7) is 0. The molecule has 0 radical (unpaired) electrons. The summed E-state index contributed by atoms with van der Waals surface area (Å²) in [6.07, 6.45) is 0.921. The second kappa shape index (κ2) is 8.19. The van der Waals surface area contributed by atoms with Crippen LogP contribution >= 0.6 is 11.6 Å². The van der Waals surface area contributed by atoms with Crippen LogP contribution in [0.15, 0.2) is 48.7 Å². The average molecular weight is 348 g/mol. The van der Waals surface area contributed by atoms with E-state index in [0.29, 0.717) is 10.6 Å². The zero-order valence-corrected chi connectivity index (χ0v) is 15.3. The van der Waals surface area contributed by atoms with Crippen LogP contribution in [-0.2, 0) is 10.1 Å². The van der Waals surface area contributed by atoms with Crippen molar-refractivity contribution in [2.45, 2.75) is 11.7 Å². The number of halogens is 1. The van der Waals surface area contributed by atoms with Crippen LogP contribution in [0.1, 0.15) is 27.7 Å². The molecular weight excluding hydrogens is 337 g/mol. The summed E-state index contributed by atoms with van der Waals surface area (Å²) in [4.78, 5) is 16.0. The first kappa shape index (κ1) is 19.3. The predicted molar refractivity (Wildman–Crippen MR) is 77.1 cm³/mol. The van der Waals surface area contributed by atoms with E-state index in [-0.39, 0.29) is 35.3 Å². The first-order chi connectivity index (χ1) is 9.88. The summed E-state index contributed by atoms with van der Waals surface area (Å²) < 4.78 is 34.2. The van der Waals surface area contributed by atoms with Gasteiger partial charge < -0.3 is 4.55 Å². The summed E-state index contributed by atoms with van der Waals surface area (Å²) in [7, 11) is -4.69. The molecule has 0 saturated heterocycles. The Morgan fingerprint density at radius 2 is 1.82 bits per heavy atom. The number of Topliss-reactive ketones (excluding diaryl/α,β-unsaturated/α-hetero) is 1. The largest absolute Gasteiger partial charge is 1.00 e. The SMILES string of the molecule is O=C(CC(c1ccccn1)S(=O)(=O)[O-])c1ccc(Cl)cc1.[Na+].